The van der Waals surface area contributed by atoms with Gasteiger partial charge in [0.2, 0.25) is 5.88 Å². The number of nitrogens with zero attached hydrogens (tertiary/aromatic N) is 1. The first-order chi connectivity index (χ1) is 6.97. The van der Waals surface area contributed by atoms with Crippen LogP contribution in [0.3, 0.4) is 0 Å². The molecule has 0 bridgehead atoms. The van der Waals surface area contributed by atoms with Crippen molar-refractivity contribution in [2.45, 2.75) is 50.3 Å². The van der Waals surface area contributed by atoms with Gasteiger partial charge in [-0.1, -0.05) is 20.8 Å². The van der Waals surface area contributed by atoms with Gasteiger partial charge in [-0.05, 0) is 13.3 Å². The van der Waals surface area contributed by atoms with E-state index < -0.39 is 0 Å². The van der Waals surface area contributed by atoms with Crippen LogP contribution in [0, 0.1) is 0 Å². The van der Waals surface area contributed by atoms with E-state index in [0.29, 0.717) is 5.25 Å². The van der Waals surface area contributed by atoms with Gasteiger partial charge in [0.05, 0.1) is 4.90 Å². The number of thioether (sulfide) groups is 1. The van der Waals surface area contributed by atoms with Crippen molar-refractivity contribution in [1.82, 2.24) is 4.57 Å². The molecule has 1 aromatic heterocycles. The standard InChI is InChI=1S/C11H19NO2S/c1-5-8(4)12-10(13)6-9(11(12)14)15-7(2)3/h6-8,13-14H,5H2,1-4H3. The van der Waals surface area contributed by atoms with Crippen molar-refractivity contribution < 1.29 is 10.2 Å². The van der Waals surface area contributed by atoms with Crippen LogP contribution in [0.25, 0.3) is 0 Å². The Morgan fingerprint density at radius 3 is 2.40 bits per heavy atom. The van der Waals surface area contributed by atoms with Crippen molar-refractivity contribution in [3.05, 3.63) is 6.07 Å². The van der Waals surface area contributed by atoms with Crippen molar-refractivity contribution in [3.8, 4) is 11.8 Å². The molecule has 1 heterocycles. The van der Waals surface area contributed by atoms with Gasteiger partial charge in [0.15, 0.2) is 5.88 Å². The van der Waals surface area contributed by atoms with Gasteiger partial charge in [-0.2, -0.15) is 0 Å². The summed E-state index contributed by atoms with van der Waals surface area (Å²) < 4.78 is 1.57. The van der Waals surface area contributed by atoms with Crippen LogP contribution in [0.4, 0.5) is 0 Å². The molecular weight excluding hydrogens is 210 g/mol. The average molecular weight is 229 g/mol. The Balaban J connectivity index is 3.03. The van der Waals surface area contributed by atoms with Crippen LogP contribution in [-0.4, -0.2) is 20.0 Å². The van der Waals surface area contributed by atoms with Crippen molar-refractivity contribution in [2.75, 3.05) is 0 Å². The molecular formula is C11H19NO2S. The van der Waals surface area contributed by atoms with Crippen molar-refractivity contribution >= 4 is 11.8 Å². The molecule has 0 radical (unpaired) electrons. The molecule has 0 aliphatic carbocycles. The van der Waals surface area contributed by atoms with Crippen LogP contribution >= 0.6 is 11.8 Å². The zero-order valence-electron chi connectivity index (χ0n) is 9.69. The molecule has 0 aliphatic rings. The zero-order chi connectivity index (χ0) is 11.6. The van der Waals surface area contributed by atoms with Crippen molar-refractivity contribution in [2.24, 2.45) is 0 Å². The van der Waals surface area contributed by atoms with Crippen LogP contribution in [0.1, 0.15) is 40.2 Å². The number of hydrogen-bond acceptors (Lipinski definition) is 3. The van der Waals surface area contributed by atoms with Crippen LogP contribution in [-0.2, 0) is 0 Å². The molecule has 15 heavy (non-hydrogen) atoms. The largest absolute Gasteiger partial charge is 0.494 e. The Labute approximate surface area is 95.1 Å². The summed E-state index contributed by atoms with van der Waals surface area (Å²) in [5, 5.41) is 20.1. The molecule has 0 spiro atoms. The van der Waals surface area contributed by atoms with Gasteiger partial charge in [-0.15, -0.1) is 11.8 Å². The summed E-state index contributed by atoms with van der Waals surface area (Å²) in [5.41, 5.74) is 0. The van der Waals surface area contributed by atoms with E-state index in [1.54, 1.807) is 22.4 Å². The predicted octanol–water partition coefficient (Wildman–Crippen LogP) is 3.37. The second kappa shape index (κ2) is 4.84. The lowest BCUT2D eigenvalue weighted by atomic mass is 10.2. The molecule has 1 unspecified atom stereocenters. The summed E-state index contributed by atoms with van der Waals surface area (Å²) >= 11 is 1.56. The first-order valence-corrected chi connectivity index (χ1v) is 6.15. The molecule has 0 saturated heterocycles. The zero-order valence-corrected chi connectivity index (χ0v) is 10.5. The summed E-state index contributed by atoms with van der Waals surface area (Å²) in [5.74, 6) is 0.325. The van der Waals surface area contributed by atoms with E-state index in [-0.39, 0.29) is 17.8 Å². The summed E-state index contributed by atoms with van der Waals surface area (Å²) in [6, 6.07) is 1.75. The minimum absolute atomic E-state index is 0.117. The lowest BCUT2D eigenvalue weighted by molar-refractivity contribution is 0.334. The molecule has 1 rings (SSSR count). The Morgan fingerprint density at radius 1 is 1.33 bits per heavy atom. The lowest BCUT2D eigenvalue weighted by Gasteiger charge is -2.13. The average Bonchev–Trinajstić information content (AvgIpc) is 2.40. The van der Waals surface area contributed by atoms with E-state index >= 15 is 0 Å². The Hall–Kier alpha value is -0.770. The van der Waals surface area contributed by atoms with Gasteiger partial charge in [0.25, 0.3) is 0 Å². The normalized spacial score (nSPS) is 13.4. The highest BCUT2D eigenvalue weighted by Gasteiger charge is 2.18. The van der Waals surface area contributed by atoms with E-state index in [4.69, 9.17) is 0 Å². The second-order valence-electron chi connectivity index (χ2n) is 3.98. The van der Waals surface area contributed by atoms with E-state index in [1.807, 2.05) is 13.8 Å². The summed E-state index contributed by atoms with van der Waals surface area (Å²) in [4.78, 5) is 0.753. The third-order valence-corrected chi connectivity index (χ3v) is 3.38. The van der Waals surface area contributed by atoms with Crippen LogP contribution < -0.4 is 0 Å². The second-order valence-corrected chi connectivity index (χ2v) is 5.60. The molecule has 4 heteroatoms. The molecule has 0 fully saturated rings. The molecule has 1 atom stereocenters. The lowest BCUT2D eigenvalue weighted by Crippen LogP contribution is -2.02. The Kier molecular flexibility index (Phi) is 3.97. The molecule has 0 aromatic carbocycles. The molecule has 2 N–H and O–H groups in total. The van der Waals surface area contributed by atoms with Crippen LogP contribution in [0.5, 0.6) is 11.8 Å². The Bertz CT molecular complexity index is 334. The van der Waals surface area contributed by atoms with E-state index in [0.717, 1.165) is 11.3 Å². The van der Waals surface area contributed by atoms with Gasteiger partial charge < -0.3 is 10.2 Å². The minimum Gasteiger partial charge on any atom is -0.494 e. The van der Waals surface area contributed by atoms with Gasteiger partial charge in [-0.3, -0.25) is 4.57 Å². The van der Waals surface area contributed by atoms with Crippen molar-refractivity contribution in [1.29, 1.82) is 0 Å². The maximum atomic E-state index is 9.94. The van der Waals surface area contributed by atoms with Crippen LogP contribution in [0.2, 0.25) is 0 Å². The van der Waals surface area contributed by atoms with Gasteiger partial charge in [0.1, 0.15) is 0 Å². The fourth-order valence-corrected chi connectivity index (χ4v) is 2.32. The highest BCUT2D eigenvalue weighted by atomic mass is 32.2. The van der Waals surface area contributed by atoms with Gasteiger partial charge in [-0.25, -0.2) is 0 Å². The molecule has 1 aromatic rings. The fraction of sp³-hybridized carbons (Fsp3) is 0.636. The van der Waals surface area contributed by atoms with E-state index in [1.165, 1.54) is 0 Å². The first-order valence-electron chi connectivity index (χ1n) is 5.27. The quantitative estimate of drug-likeness (QED) is 0.778. The predicted molar refractivity (Wildman–Crippen MR) is 63.8 cm³/mol. The summed E-state index contributed by atoms with van der Waals surface area (Å²) in [6.07, 6.45) is 0.877. The SMILES string of the molecule is CCC(C)n1c(O)cc(SC(C)C)c1O. The molecule has 3 nitrogen and oxygen atoms in total. The molecule has 0 amide bonds. The highest BCUT2D eigenvalue weighted by Crippen LogP contribution is 2.39. The third kappa shape index (κ3) is 2.62. The summed E-state index contributed by atoms with van der Waals surface area (Å²) in [7, 11) is 0. The molecule has 0 aliphatic heterocycles. The Morgan fingerprint density at radius 2 is 1.93 bits per heavy atom. The summed E-state index contributed by atoms with van der Waals surface area (Å²) in [6.45, 7) is 8.12. The smallest absolute Gasteiger partial charge is 0.208 e. The van der Waals surface area contributed by atoms with Crippen molar-refractivity contribution in [3.63, 3.8) is 0 Å². The minimum atomic E-state index is 0.117. The number of rotatable bonds is 4. The van der Waals surface area contributed by atoms with E-state index in [9.17, 15) is 10.2 Å². The van der Waals surface area contributed by atoms with Crippen LogP contribution in [0.15, 0.2) is 11.0 Å². The number of hydrogen-bond donors (Lipinski definition) is 2. The van der Waals surface area contributed by atoms with Gasteiger partial charge >= 0.3 is 0 Å². The number of aromatic hydroxyl groups is 2. The third-order valence-electron chi connectivity index (χ3n) is 2.35. The van der Waals surface area contributed by atoms with E-state index in [2.05, 4.69) is 13.8 Å². The van der Waals surface area contributed by atoms with Gasteiger partial charge in [0, 0.05) is 17.4 Å². The number of aromatic nitrogens is 1. The maximum absolute atomic E-state index is 9.94. The topological polar surface area (TPSA) is 45.4 Å². The fourth-order valence-electron chi connectivity index (χ4n) is 1.44. The maximum Gasteiger partial charge on any atom is 0.208 e. The molecule has 0 saturated carbocycles. The highest BCUT2D eigenvalue weighted by molar-refractivity contribution is 8.00. The monoisotopic (exact) mass is 229 g/mol. The molecule has 86 valence electrons. The first kappa shape index (κ1) is 12.3.